The number of ether oxygens (including phenoxy) is 1. The Morgan fingerprint density at radius 1 is 1.53 bits per heavy atom. The van der Waals surface area contributed by atoms with Crippen molar-refractivity contribution in [1.82, 2.24) is 15.1 Å². The van der Waals surface area contributed by atoms with Crippen LogP contribution in [0.5, 0.6) is 0 Å². The van der Waals surface area contributed by atoms with E-state index in [0.717, 1.165) is 19.4 Å². The molecule has 2 aliphatic heterocycles. The number of hydrogen-bond donors (Lipinski definition) is 2. The van der Waals surface area contributed by atoms with Crippen LogP contribution in [0.25, 0.3) is 0 Å². The number of likely N-dealkylation sites (tertiary alicyclic amines) is 1. The molecule has 2 atom stereocenters. The van der Waals surface area contributed by atoms with Gasteiger partial charge in [0.2, 0.25) is 5.91 Å². The quantitative estimate of drug-likeness (QED) is 0.682. The average Bonchev–Trinajstić information content (AvgIpc) is 2.85. The molecule has 0 radical (unpaired) electrons. The lowest BCUT2D eigenvalue weighted by atomic mass is 9.99. The number of urea groups is 1. The zero-order valence-electron chi connectivity index (χ0n) is 11.3. The van der Waals surface area contributed by atoms with E-state index in [9.17, 15) is 9.59 Å². The minimum Gasteiger partial charge on any atom is -0.381 e. The predicted octanol–water partition coefficient (Wildman–Crippen LogP) is -1.02. The Hall–Kier alpha value is -1.18. The lowest BCUT2D eigenvalue weighted by Crippen LogP contribution is -2.52. The molecule has 2 unspecified atom stereocenters. The van der Waals surface area contributed by atoms with Crippen LogP contribution in [-0.2, 0) is 9.53 Å². The number of piperidine rings is 1. The third-order valence-corrected chi connectivity index (χ3v) is 3.89. The van der Waals surface area contributed by atoms with Gasteiger partial charge in [0.25, 0.3) is 0 Å². The molecule has 2 fully saturated rings. The maximum absolute atomic E-state index is 12.1. The number of hydrogen-bond acceptors (Lipinski definition) is 5. The molecular weight excluding hydrogens is 248 g/mol. The highest BCUT2D eigenvalue weighted by Gasteiger charge is 2.32. The molecule has 2 heterocycles. The lowest BCUT2D eigenvalue weighted by Gasteiger charge is -2.38. The molecule has 0 aromatic rings. The van der Waals surface area contributed by atoms with Crippen molar-refractivity contribution in [3.8, 4) is 0 Å². The molecule has 0 saturated carbocycles. The van der Waals surface area contributed by atoms with Gasteiger partial charge in [0, 0.05) is 39.3 Å². The van der Waals surface area contributed by atoms with Crippen LogP contribution in [0, 0.1) is 0 Å². The largest absolute Gasteiger partial charge is 0.381 e. The highest BCUT2D eigenvalue weighted by Crippen LogP contribution is 2.19. The highest BCUT2D eigenvalue weighted by atomic mass is 16.5. The Morgan fingerprint density at radius 2 is 2.32 bits per heavy atom. The summed E-state index contributed by atoms with van der Waals surface area (Å²) in [6.45, 7) is 2.53. The molecule has 0 aromatic heterocycles. The number of carbonyl (C=O) groups excluding carboxylic acids is 2. The van der Waals surface area contributed by atoms with E-state index >= 15 is 0 Å². The van der Waals surface area contributed by atoms with Crippen molar-refractivity contribution in [2.75, 3.05) is 39.8 Å². The van der Waals surface area contributed by atoms with Gasteiger partial charge in [-0.25, -0.2) is 4.79 Å². The van der Waals surface area contributed by atoms with Crippen LogP contribution in [0.2, 0.25) is 0 Å². The Bertz CT molecular complexity index is 350. The van der Waals surface area contributed by atoms with Crippen LogP contribution >= 0.6 is 0 Å². The molecule has 2 aliphatic rings. The summed E-state index contributed by atoms with van der Waals surface area (Å²) in [4.78, 5) is 26.9. The van der Waals surface area contributed by atoms with E-state index in [4.69, 9.17) is 10.5 Å². The molecule has 0 aliphatic carbocycles. The van der Waals surface area contributed by atoms with Crippen LogP contribution in [-0.4, -0.2) is 73.7 Å². The fraction of sp³-hybridized carbons (Fsp3) is 0.833. The number of nitrogens with one attached hydrogen (secondary N) is 1. The van der Waals surface area contributed by atoms with E-state index in [0.29, 0.717) is 19.6 Å². The number of imide groups is 1. The molecule has 0 aromatic carbocycles. The predicted molar refractivity (Wildman–Crippen MR) is 69.6 cm³/mol. The molecule has 3 amide bonds. The van der Waals surface area contributed by atoms with Crippen molar-refractivity contribution in [1.29, 1.82) is 0 Å². The van der Waals surface area contributed by atoms with Gasteiger partial charge >= 0.3 is 6.03 Å². The molecule has 19 heavy (non-hydrogen) atoms. The number of amides is 3. The number of rotatable bonds is 4. The number of methoxy groups -OCH3 is 1. The topological polar surface area (TPSA) is 87.9 Å². The highest BCUT2D eigenvalue weighted by molar-refractivity contribution is 5.96. The van der Waals surface area contributed by atoms with Gasteiger partial charge in [0.05, 0.1) is 12.6 Å². The summed E-state index contributed by atoms with van der Waals surface area (Å²) in [7, 11) is 1.70. The van der Waals surface area contributed by atoms with Gasteiger partial charge in [-0.15, -0.1) is 0 Å². The molecular formula is C12H22N4O3. The Balaban J connectivity index is 1.90. The summed E-state index contributed by atoms with van der Waals surface area (Å²) in [6.07, 6.45) is 1.95. The average molecular weight is 270 g/mol. The fourth-order valence-corrected chi connectivity index (χ4v) is 2.70. The number of nitrogens with zero attached hydrogens (tertiary/aromatic N) is 2. The van der Waals surface area contributed by atoms with Crippen molar-refractivity contribution in [3.05, 3.63) is 0 Å². The third-order valence-electron chi connectivity index (χ3n) is 3.89. The summed E-state index contributed by atoms with van der Waals surface area (Å²) >= 11 is 0. The maximum Gasteiger partial charge on any atom is 0.324 e. The van der Waals surface area contributed by atoms with Gasteiger partial charge in [0.15, 0.2) is 0 Å². The normalized spacial score (nSPS) is 28.5. The van der Waals surface area contributed by atoms with Gasteiger partial charge in [-0.1, -0.05) is 0 Å². The van der Waals surface area contributed by atoms with Crippen LogP contribution in [0.3, 0.4) is 0 Å². The van der Waals surface area contributed by atoms with Gasteiger partial charge in [-0.2, -0.15) is 0 Å². The lowest BCUT2D eigenvalue weighted by molar-refractivity contribution is -0.130. The first-order valence-electron chi connectivity index (χ1n) is 6.70. The van der Waals surface area contributed by atoms with Crippen molar-refractivity contribution >= 4 is 11.9 Å². The first kappa shape index (κ1) is 14.2. The van der Waals surface area contributed by atoms with E-state index in [2.05, 4.69) is 10.2 Å². The summed E-state index contributed by atoms with van der Waals surface area (Å²) in [5, 5.41) is 2.63. The van der Waals surface area contributed by atoms with Crippen LogP contribution in [0.15, 0.2) is 0 Å². The van der Waals surface area contributed by atoms with Crippen molar-refractivity contribution in [2.24, 2.45) is 5.73 Å². The van der Waals surface area contributed by atoms with Gasteiger partial charge in [0.1, 0.15) is 0 Å². The molecule has 7 nitrogen and oxygen atoms in total. The summed E-state index contributed by atoms with van der Waals surface area (Å²) < 4.78 is 5.35. The molecule has 2 rings (SSSR count). The SMILES string of the molecule is COC1CCN(CC(=O)N2CCNC2=O)C(CN)C1. The Labute approximate surface area is 113 Å². The number of nitrogens with two attached hydrogens (primary N) is 1. The van der Waals surface area contributed by atoms with Gasteiger partial charge in [-0.3, -0.25) is 14.6 Å². The fourth-order valence-electron chi connectivity index (χ4n) is 2.70. The summed E-state index contributed by atoms with van der Waals surface area (Å²) in [6, 6.07) is -0.144. The third kappa shape index (κ3) is 3.23. The second-order valence-electron chi connectivity index (χ2n) is 5.02. The molecule has 3 N–H and O–H groups in total. The van der Waals surface area contributed by atoms with E-state index in [-0.39, 0.29) is 30.6 Å². The van der Waals surface area contributed by atoms with Crippen molar-refractivity contribution in [2.45, 2.75) is 25.0 Å². The first-order chi connectivity index (χ1) is 9.15. The van der Waals surface area contributed by atoms with Crippen molar-refractivity contribution in [3.63, 3.8) is 0 Å². The van der Waals surface area contributed by atoms with Crippen LogP contribution < -0.4 is 11.1 Å². The summed E-state index contributed by atoms with van der Waals surface area (Å²) in [5.74, 6) is -0.149. The van der Waals surface area contributed by atoms with Gasteiger partial charge < -0.3 is 15.8 Å². The molecule has 0 bridgehead atoms. The van der Waals surface area contributed by atoms with E-state index < -0.39 is 0 Å². The number of carbonyl (C=O) groups is 2. The van der Waals surface area contributed by atoms with E-state index in [1.54, 1.807) is 7.11 Å². The molecule has 0 spiro atoms. The monoisotopic (exact) mass is 270 g/mol. The maximum atomic E-state index is 12.1. The van der Waals surface area contributed by atoms with Crippen LogP contribution in [0.4, 0.5) is 4.79 Å². The summed E-state index contributed by atoms with van der Waals surface area (Å²) in [5.41, 5.74) is 5.77. The second kappa shape index (κ2) is 6.31. The van der Waals surface area contributed by atoms with Crippen molar-refractivity contribution < 1.29 is 14.3 Å². The minimum atomic E-state index is -0.291. The zero-order valence-corrected chi connectivity index (χ0v) is 11.3. The van der Waals surface area contributed by atoms with E-state index in [1.807, 2.05) is 0 Å². The molecule has 7 heteroatoms. The minimum absolute atomic E-state index is 0.147. The van der Waals surface area contributed by atoms with Crippen LogP contribution in [0.1, 0.15) is 12.8 Å². The Morgan fingerprint density at radius 3 is 2.89 bits per heavy atom. The smallest absolute Gasteiger partial charge is 0.324 e. The first-order valence-corrected chi connectivity index (χ1v) is 6.70. The zero-order chi connectivity index (χ0) is 13.8. The second-order valence-corrected chi connectivity index (χ2v) is 5.02. The standard InChI is InChI=1S/C12H22N4O3/c1-19-10-2-4-15(9(6-10)7-13)8-11(17)16-5-3-14-12(16)18/h9-10H,2-8,13H2,1H3,(H,14,18). The van der Waals surface area contributed by atoms with Gasteiger partial charge in [-0.05, 0) is 12.8 Å². The molecule has 108 valence electrons. The Kier molecular flexibility index (Phi) is 4.73. The molecule has 2 saturated heterocycles. The van der Waals surface area contributed by atoms with E-state index in [1.165, 1.54) is 4.90 Å².